The van der Waals surface area contributed by atoms with E-state index in [0.29, 0.717) is 55.3 Å². The van der Waals surface area contributed by atoms with Gasteiger partial charge in [-0.25, -0.2) is 29.9 Å². The van der Waals surface area contributed by atoms with E-state index in [1.807, 2.05) is 142 Å². The third-order valence-electron chi connectivity index (χ3n) is 23.2. The Hall–Kier alpha value is -12.1. The molecule has 0 spiro atoms. The van der Waals surface area contributed by atoms with E-state index in [2.05, 4.69) is 71.4 Å². The Balaban J connectivity index is 0.000000153. The largest absolute Gasteiger partial charge is 0.493 e. The predicted molar refractivity (Wildman–Crippen MR) is 538 cm³/mol. The van der Waals surface area contributed by atoms with Crippen LogP contribution in [0, 0.1) is 41.5 Å². The lowest BCUT2D eigenvalue weighted by molar-refractivity contribution is 0.133. The number of ether oxygens (including phenoxy) is 12. The van der Waals surface area contributed by atoms with E-state index in [1.165, 1.54) is 63.5 Å². The van der Waals surface area contributed by atoms with Gasteiger partial charge in [-0.1, -0.05) is 12.8 Å². The van der Waals surface area contributed by atoms with Gasteiger partial charge in [0.15, 0.2) is 46.0 Å². The summed E-state index contributed by atoms with van der Waals surface area (Å²) in [7, 11) is 8.79. The summed E-state index contributed by atoms with van der Waals surface area (Å²) in [4.78, 5) is 69.1. The van der Waals surface area contributed by atoms with Gasteiger partial charge in [0.05, 0.1) is 51.2 Å². The zero-order valence-electron chi connectivity index (χ0n) is 80.5. The molecule has 35 nitrogen and oxygen atoms in total. The number of hydrogen-bond acceptors (Lipinski definition) is 39. The van der Waals surface area contributed by atoms with Crippen molar-refractivity contribution in [2.45, 2.75) is 145 Å². The first-order valence-corrected chi connectivity index (χ1v) is 49.3. The van der Waals surface area contributed by atoms with Crippen molar-refractivity contribution >= 4 is 80.3 Å². The quantitative estimate of drug-likeness (QED) is 0.0212. The summed E-state index contributed by atoms with van der Waals surface area (Å²) >= 11 is 6.42. The fourth-order valence-corrected chi connectivity index (χ4v) is 20.0. The Morgan fingerprint density at radius 1 is 0.279 bits per heavy atom. The molecule has 4 aliphatic rings. The van der Waals surface area contributed by atoms with Gasteiger partial charge in [-0.05, 0) is 227 Å². The van der Waals surface area contributed by atoms with E-state index < -0.39 is 0 Å². The van der Waals surface area contributed by atoms with Gasteiger partial charge in [-0.2, -0.15) is 29.9 Å². The summed E-state index contributed by atoms with van der Waals surface area (Å²) in [5.74, 6) is 7.57. The number of aryl methyl sites for hydroxylation is 6. The molecule has 16 rings (SSSR count). The molecule has 4 saturated heterocycles. The SMILES string of the molecule is COc1ccc(-c2nc([C@H](C)Oc3nc(C)cc(N)n3)c(C)s2)cc1OCCN1CCCC1.COc1ccc(-c2nc([C@H](C)Oc3nc(C)cc(N)n3)c(C)s2)cc1OCCN1CCCCC1.COc1ccc(-c2nc([C@H](C)Oc3nc(N)cc(N)n3)c(C)s2)cc1OCCN1CCCCC1.COc1ccc(-c2nc([C@H](C)Oc3nc(N)cc(N)n3)c(C)s2)cc1OCCN1CCN(C)CC1. The fraction of sp³-hybridized carbons (Fsp3) is 0.464. The Labute approximate surface area is 812 Å². The van der Waals surface area contributed by atoms with E-state index in [1.54, 1.807) is 85.9 Å². The number of piperidine rings is 2. The second-order valence-electron chi connectivity index (χ2n) is 33.7. The van der Waals surface area contributed by atoms with E-state index in [9.17, 15) is 0 Å². The molecule has 4 atom stereocenters. The summed E-state index contributed by atoms with van der Waals surface area (Å²) in [6.45, 7) is 36.9. The summed E-state index contributed by atoms with van der Waals surface area (Å²) < 4.78 is 70.2. The van der Waals surface area contributed by atoms with Crippen molar-refractivity contribution in [3.63, 3.8) is 0 Å². The number of thiazole rings is 4. The van der Waals surface area contributed by atoms with Gasteiger partial charge < -0.3 is 96.1 Å². The molecule has 12 aromatic rings. The number of benzene rings is 4. The molecule has 4 aliphatic heterocycles. The number of rotatable bonds is 36. The van der Waals surface area contributed by atoms with Crippen molar-refractivity contribution in [2.24, 2.45) is 0 Å². The molecule has 0 bridgehead atoms. The van der Waals surface area contributed by atoms with Crippen LogP contribution in [0.15, 0.2) is 97.1 Å². The molecule has 4 aromatic carbocycles. The molecule has 0 saturated carbocycles. The molecule has 0 unspecified atom stereocenters. The van der Waals surface area contributed by atoms with Crippen LogP contribution in [0.25, 0.3) is 42.3 Å². The standard InChI is InChI=1S/C25H33N5O3S.C24H33N7O3S.C24H32N6O3S.C24H31N5O3S/c1-16-14-22(26)28-25(27-16)33-17(2)23-18(3)34-24(29-23)19-8-9-20(31-4)21(15-19)32-13-12-30-10-6-5-7-11-30;1-15(34-24-27-20(25)14-21(26)28-24)22-16(2)35-23(29-22)17-5-6-18(32-4)19(13-17)33-12-11-31-9-7-30(3)8-10-31;1-15(33-24-27-20(25)14-21(26)28-24)22-16(2)34-23(29-22)17-7-8-18(31-3)19(13-17)32-12-11-30-9-5-4-6-10-30;1-15-13-21(25)27-24(26-15)32-16(2)22-17(3)33-23(28-22)18-7-8-19(30-4)20(14-18)31-12-11-29-9-5-6-10-29/h8-9,14-15,17H,5-7,10-13H2,1-4H3,(H2,26,27,28);5-6,13-15H,7-12H2,1-4H3,(H4,25,26,27,28);7-8,13-15H,4-6,9-12H2,1-3H3,(H4,25,26,27,28);7-8,13-14,16H,5-6,9-12H2,1-4H3,(H2,25,26,27)/t17-;2*15-;16-/m0000/s1. The molecule has 0 aliphatic carbocycles. The Morgan fingerprint density at radius 2 is 0.507 bits per heavy atom. The van der Waals surface area contributed by atoms with Gasteiger partial charge in [-0.15, -0.1) is 45.3 Å². The van der Waals surface area contributed by atoms with E-state index in [4.69, 9.17) is 111 Å². The van der Waals surface area contributed by atoms with E-state index >= 15 is 0 Å². The number of anilines is 6. The third kappa shape index (κ3) is 28.8. The number of nitrogen functional groups attached to an aromatic ring is 6. The molecule has 4 fully saturated rings. The molecule has 0 amide bonds. The van der Waals surface area contributed by atoms with Crippen LogP contribution < -0.4 is 91.2 Å². The zero-order valence-corrected chi connectivity index (χ0v) is 83.8. The highest BCUT2D eigenvalue weighted by molar-refractivity contribution is 7.16. The normalized spacial score (nSPS) is 15.2. The van der Waals surface area contributed by atoms with E-state index in [0.717, 1.165) is 216 Å². The maximum absolute atomic E-state index is 6.14. The van der Waals surface area contributed by atoms with Crippen LogP contribution >= 0.6 is 45.3 Å². The average molecular weight is 1940 g/mol. The zero-order chi connectivity index (χ0) is 96.5. The van der Waals surface area contributed by atoms with Gasteiger partial charge in [0, 0.05) is 130 Å². The monoisotopic (exact) mass is 1940 g/mol. The highest BCUT2D eigenvalue weighted by Gasteiger charge is 2.28. The first-order valence-electron chi connectivity index (χ1n) is 46.0. The van der Waals surface area contributed by atoms with E-state index in [-0.39, 0.29) is 71.7 Å². The number of hydrogen-bond donors (Lipinski definition) is 6. The molecule has 12 heterocycles. The Morgan fingerprint density at radius 3 is 0.750 bits per heavy atom. The summed E-state index contributed by atoms with van der Waals surface area (Å²) in [6, 6.07) is 30.8. The second kappa shape index (κ2) is 49.1. The first kappa shape index (κ1) is 101. The van der Waals surface area contributed by atoms with Crippen LogP contribution in [-0.2, 0) is 0 Å². The summed E-state index contributed by atoms with van der Waals surface area (Å²) in [5, 5.41) is 3.54. The topological polar surface area (TPSA) is 438 Å². The molecule has 12 N–H and O–H groups in total. The molecule has 39 heteroatoms. The minimum atomic E-state index is -0.376. The van der Waals surface area contributed by atoms with Gasteiger partial charge in [-0.3, -0.25) is 19.6 Å². The molecule has 8 aromatic heterocycles. The van der Waals surface area contributed by atoms with Crippen molar-refractivity contribution in [2.75, 3.05) is 188 Å². The third-order valence-corrected chi connectivity index (χ3v) is 27.3. The molecular weight excluding hydrogens is 1810 g/mol. The van der Waals surface area contributed by atoms with Gasteiger partial charge in [0.1, 0.15) is 106 Å². The van der Waals surface area contributed by atoms with Crippen molar-refractivity contribution < 1.29 is 56.8 Å². The minimum absolute atomic E-state index is 0.129. The number of piperazine rings is 1. The minimum Gasteiger partial charge on any atom is -0.493 e. The van der Waals surface area contributed by atoms with Crippen LogP contribution in [-0.4, -0.2) is 238 Å². The van der Waals surface area contributed by atoms with Crippen molar-refractivity contribution in [3.8, 4) is 112 Å². The number of likely N-dealkylation sites (tertiary alicyclic amines) is 3. The van der Waals surface area contributed by atoms with Gasteiger partial charge in [0.25, 0.3) is 0 Å². The van der Waals surface area contributed by atoms with Crippen molar-refractivity contribution in [1.82, 2.24) is 84.3 Å². The second-order valence-corrected chi connectivity index (χ2v) is 38.5. The molecular formula is C97H129N23O12S4. The summed E-state index contributed by atoms with van der Waals surface area (Å²) in [5.41, 5.74) is 43.4. The van der Waals surface area contributed by atoms with Gasteiger partial charge >= 0.3 is 24.0 Å². The maximum atomic E-state index is 6.14. The highest BCUT2D eigenvalue weighted by Crippen LogP contribution is 2.43. The maximum Gasteiger partial charge on any atom is 0.320 e. The number of methoxy groups -OCH3 is 4. The Kier molecular flexibility index (Phi) is 36.6. The number of nitrogens with two attached hydrogens (primary N) is 6. The molecule has 728 valence electrons. The average Bonchev–Trinajstić information content (AvgIpc) is 1.67. The van der Waals surface area contributed by atoms with Crippen LogP contribution in [0.2, 0.25) is 0 Å². The number of nitrogens with zero attached hydrogens (tertiary/aromatic N) is 17. The lowest BCUT2D eigenvalue weighted by Gasteiger charge is -2.32. The lowest BCUT2D eigenvalue weighted by Crippen LogP contribution is -2.45. The Bertz CT molecular complexity index is 5630. The molecule has 0 radical (unpaired) electrons. The smallest absolute Gasteiger partial charge is 0.320 e. The van der Waals surface area contributed by atoms with Crippen LogP contribution in [0.4, 0.5) is 34.9 Å². The predicted octanol–water partition coefficient (Wildman–Crippen LogP) is 16.2. The van der Waals surface area contributed by atoms with Gasteiger partial charge in [0.2, 0.25) is 0 Å². The number of likely N-dealkylation sites (N-methyl/N-ethyl adjacent to an activating group) is 1. The van der Waals surface area contributed by atoms with Crippen molar-refractivity contribution in [3.05, 3.63) is 151 Å². The van der Waals surface area contributed by atoms with Crippen LogP contribution in [0.3, 0.4) is 0 Å². The first-order chi connectivity index (χ1) is 65.6. The van der Waals surface area contributed by atoms with Crippen molar-refractivity contribution in [1.29, 1.82) is 0 Å². The molecule has 136 heavy (non-hydrogen) atoms. The number of aromatic nitrogens is 12. The highest BCUT2D eigenvalue weighted by atomic mass is 32.1. The fourth-order valence-electron chi connectivity index (χ4n) is 16.0. The van der Waals surface area contributed by atoms with Crippen LogP contribution in [0.5, 0.6) is 70.0 Å². The lowest BCUT2D eigenvalue weighted by atomic mass is 10.1. The summed E-state index contributed by atoms with van der Waals surface area (Å²) in [6.07, 6.45) is 8.91. The van der Waals surface area contributed by atoms with Crippen LogP contribution in [0.1, 0.15) is 157 Å².